The van der Waals surface area contributed by atoms with Gasteiger partial charge in [-0.25, -0.2) is 0 Å². The zero-order valence-corrected chi connectivity index (χ0v) is 11.9. The second-order valence-electron chi connectivity index (χ2n) is 5.39. The molecule has 2 aliphatic rings. The van der Waals surface area contributed by atoms with E-state index in [9.17, 15) is 4.79 Å². The largest absolute Gasteiger partial charge is 0.483 e. The second-order valence-corrected chi connectivity index (χ2v) is 5.39. The van der Waals surface area contributed by atoms with Gasteiger partial charge in [-0.1, -0.05) is 0 Å². The van der Waals surface area contributed by atoms with E-state index in [4.69, 9.17) is 19.9 Å². The van der Waals surface area contributed by atoms with Crippen LogP contribution in [0.4, 0.5) is 0 Å². The summed E-state index contributed by atoms with van der Waals surface area (Å²) in [4.78, 5) is 11.7. The molecule has 1 heterocycles. The van der Waals surface area contributed by atoms with Crippen LogP contribution >= 0.6 is 0 Å². The number of nitrogens with one attached hydrogen (secondary N) is 1. The van der Waals surface area contributed by atoms with Gasteiger partial charge in [0.2, 0.25) is 6.79 Å². The zero-order chi connectivity index (χ0) is 14.7. The van der Waals surface area contributed by atoms with Gasteiger partial charge in [0.05, 0.1) is 0 Å². The molecule has 1 aromatic carbocycles. The van der Waals surface area contributed by atoms with E-state index in [1.54, 1.807) is 6.07 Å². The van der Waals surface area contributed by atoms with Crippen LogP contribution in [0.15, 0.2) is 12.1 Å². The quantitative estimate of drug-likeness (QED) is 0.777. The maximum Gasteiger partial charge on any atom is 0.257 e. The second kappa shape index (κ2) is 6.22. The first kappa shape index (κ1) is 14.0. The van der Waals surface area contributed by atoms with Gasteiger partial charge in [-0.2, -0.15) is 0 Å². The van der Waals surface area contributed by atoms with Crippen molar-refractivity contribution in [2.24, 2.45) is 11.7 Å². The number of benzene rings is 1. The first-order valence-electron chi connectivity index (χ1n) is 7.28. The highest BCUT2D eigenvalue weighted by atomic mass is 16.7. The third kappa shape index (κ3) is 3.58. The molecule has 0 saturated heterocycles. The van der Waals surface area contributed by atoms with Crippen LogP contribution < -0.4 is 25.3 Å². The maximum absolute atomic E-state index is 11.7. The lowest BCUT2D eigenvalue weighted by Gasteiger charge is -2.12. The molecule has 114 valence electrons. The molecule has 0 radical (unpaired) electrons. The summed E-state index contributed by atoms with van der Waals surface area (Å²) in [6.07, 6.45) is 3.09. The number of carbonyl (C=O) groups excluding carboxylic acids is 1. The van der Waals surface area contributed by atoms with Gasteiger partial charge < -0.3 is 25.3 Å². The van der Waals surface area contributed by atoms with Gasteiger partial charge >= 0.3 is 0 Å². The third-order valence-corrected chi connectivity index (χ3v) is 3.61. The van der Waals surface area contributed by atoms with Gasteiger partial charge in [0.25, 0.3) is 5.91 Å². The van der Waals surface area contributed by atoms with Crippen LogP contribution in [0.5, 0.6) is 17.2 Å². The average molecular weight is 292 g/mol. The first-order chi connectivity index (χ1) is 10.3. The first-order valence-corrected chi connectivity index (χ1v) is 7.28. The summed E-state index contributed by atoms with van der Waals surface area (Å²) >= 11 is 0. The number of carbonyl (C=O) groups is 1. The molecule has 3 N–H and O–H groups in total. The minimum Gasteiger partial charge on any atom is -0.483 e. The topological polar surface area (TPSA) is 82.8 Å². The Morgan fingerprint density at radius 1 is 1.33 bits per heavy atom. The van der Waals surface area contributed by atoms with E-state index in [0.29, 0.717) is 36.1 Å². The SMILES string of the molecule is NCCc1cc2c(cc1OCC(=O)NCC1CC1)OCO2. The molecular formula is C15H20N2O4. The molecule has 1 amide bonds. The van der Waals surface area contributed by atoms with Gasteiger partial charge in [0.1, 0.15) is 5.75 Å². The Bertz CT molecular complexity index is 529. The molecule has 6 heteroatoms. The maximum atomic E-state index is 11.7. The van der Waals surface area contributed by atoms with Gasteiger partial charge in [-0.05, 0) is 43.4 Å². The van der Waals surface area contributed by atoms with Crippen LogP contribution in [0.25, 0.3) is 0 Å². The number of nitrogens with two attached hydrogens (primary N) is 1. The van der Waals surface area contributed by atoms with E-state index < -0.39 is 0 Å². The normalized spacial score (nSPS) is 15.9. The van der Waals surface area contributed by atoms with Crippen LogP contribution in [-0.2, 0) is 11.2 Å². The molecule has 1 aliphatic carbocycles. The Morgan fingerprint density at radius 3 is 2.81 bits per heavy atom. The molecule has 21 heavy (non-hydrogen) atoms. The molecule has 1 aromatic rings. The lowest BCUT2D eigenvalue weighted by Crippen LogP contribution is -2.30. The highest BCUT2D eigenvalue weighted by Crippen LogP contribution is 2.38. The fourth-order valence-electron chi connectivity index (χ4n) is 2.23. The Morgan fingerprint density at radius 2 is 2.10 bits per heavy atom. The smallest absolute Gasteiger partial charge is 0.257 e. The summed E-state index contributed by atoms with van der Waals surface area (Å²) in [5.74, 6) is 2.53. The number of amides is 1. The number of ether oxygens (including phenoxy) is 3. The molecule has 0 bridgehead atoms. The molecule has 0 unspecified atom stereocenters. The van der Waals surface area contributed by atoms with Crippen molar-refractivity contribution in [2.75, 3.05) is 26.5 Å². The predicted octanol–water partition coefficient (Wildman–Crippen LogP) is 0.821. The molecule has 3 rings (SSSR count). The number of rotatable bonds is 7. The Hall–Kier alpha value is -1.95. The van der Waals surface area contributed by atoms with Crippen molar-refractivity contribution >= 4 is 5.91 Å². The molecule has 1 fully saturated rings. The Kier molecular flexibility index (Phi) is 4.15. The van der Waals surface area contributed by atoms with Crippen LogP contribution in [-0.4, -0.2) is 32.4 Å². The number of hydrogen-bond donors (Lipinski definition) is 2. The molecule has 0 atom stereocenters. The number of hydrogen-bond acceptors (Lipinski definition) is 5. The van der Waals surface area contributed by atoms with Crippen molar-refractivity contribution in [3.8, 4) is 17.2 Å². The van der Waals surface area contributed by atoms with Crippen molar-refractivity contribution in [1.29, 1.82) is 0 Å². The van der Waals surface area contributed by atoms with Gasteiger partial charge in [0.15, 0.2) is 18.1 Å². The zero-order valence-electron chi connectivity index (χ0n) is 11.9. The van der Waals surface area contributed by atoms with Gasteiger partial charge in [-0.3, -0.25) is 4.79 Å². The van der Waals surface area contributed by atoms with Crippen molar-refractivity contribution in [1.82, 2.24) is 5.32 Å². The van der Waals surface area contributed by atoms with Crippen LogP contribution in [0.2, 0.25) is 0 Å². The van der Waals surface area contributed by atoms with Crippen molar-refractivity contribution < 1.29 is 19.0 Å². The number of fused-ring (bicyclic) bond motifs is 1. The van der Waals surface area contributed by atoms with Gasteiger partial charge in [0, 0.05) is 12.6 Å². The average Bonchev–Trinajstić information content (AvgIpc) is 3.20. The summed E-state index contributed by atoms with van der Waals surface area (Å²) < 4.78 is 16.3. The minimum atomic E-state index is -0.0988. The van der Waals surface area contributed by atoms with Crippen LogP contribution in [0.1, 0.15) is 18.4 Å². The summed E-state index contributed by atoms with van der Waals surface area (Å²) in [5, 5.41) is 2.87. The minimum absolute atomic E-state index is 0.00390. The van der Waals surface area contributed by atoms with Crippen LogP contribution in [0.3, 0.4) is 0 Å². The molecule has 0 aromatic heterocycles. The van der Waals surface area contributed by atoms with Crippen LogP contribution in [0, 0.1) is 5.92 Å². The fourth-order valence-corrected chi connectivity index (χ4v) is 2.23. The molecule has 6 nitrogen and oxygen atoms in total. The lowest BCUT2D eigenvalue weighted by molar-refractivity contribution is -0.123. The van der Waals surface area contributed by atoms with Crippen molar-refractivity contribution in [2.45, 2.75) is 19.3 Å². The van der Waals surface area contributed by atoms with Crippen molar-refractivity contribution in [3.63, 3.8) is 0 Å². The third-order valence-electron chi connectivity index (χ3n) is 3.61. The Labute approximate surface area is 123 Å². The van der Waals surface area contributed by atoms with Gasteiger partial charge in [-0.15, -0.1) is 0 Å². The molecule has 1 saturated carbocycles. The fraction of sp³-hybridized carbons (Fsp3) is 0.533. The highest BCUT2D eigenvalue weighted by Gasteiger charge is 2.22. The summed E-state index contributed by atoms with van der Waals surface area (Å²) in [6, 6.07) is 3.63. The standard InChI is InChI=1S/C15H20N2O4/c16-4-3-11-5-13-14(21-9-20-13)6-12(11)19-8-15(18)17-7-10-1-2-10/h5-6,10H,1-4,7-9,16H2,(H,17,18). The molecule has 1 aliphatic heterocycles. The van der Waals surface area contributed by atoms with Crippen molar-refractivity contribution in [3.05, 3.63) is 17.7 Å². The molecular weight excluding hydrogens is 272 g/mol. The van der Waals surface area contributed by atoms with E-state index in [1.807, 2.05) is 6.07 Å². The summed E-state index contributed by atoms with van der Waals surface area (Å²) in [7, 11) is 0. The highest BCUT2D eigenvalue weighted by molar-refractivity contribution is 5.77. The molecule has 0 spiro atoms. The summed E-state index contributed by atoms with van der Waals surface area (Å²) in [5.41, 5.74) is 6.54. The predicted molar refractivity (Wildman–Crippen MR) is 76.6 cm³/mol. The van der Waals surface area contributed by atoms with E-state index >= 15 is 0 Å². The lowest BCUT2D eigenvalue weighted by atomic mass is 10.1. The van der Waals surface area contributed by atoms with E-state index in [1.165, 1.54) is 12.8 Å². The summed E-state index contributed by atoms with van der Waals surface area (Å²) in [6.45, 7) is 1.47. The van der Waals surface area contributed by atoms with E-state index in [0.717, 1.165) is 12.1 Å². The van der Waals surface area contributed by atoms with E-state index in [2.05, 4.69) is 5.32 Å². The van der Waals surface area contributed by atoms with E-state index in [-0.39, 0.29) is 19.3 Å². The monoisotopic (exact) mass is 292 g/mol. The Balaban J connectivity index is 1.61.